The maximum Gasteiger partial charge on any atom is 0.264 e. The van der Waals surface area contributed by atoms with Crippen molar-refractivity contribution in [3.05, 3.63) is 30.1 Å². The number of nitrogens with zero attached hydrogens (tertiary/aromatic N) is 4. The van der Waals surface area contributed by atoms with Crippen LogP contribution in [0.1, 0.15) is 25.6 Å². The Bertz CT molecular complexity index is 915. The summed E-state index contributed by atoms with van der Waals surface area (Å²) >= 11 is 0. The summed E-state index contributed by atoms with van der Waals surface area (Å²) in [5.41, 5.74) is -0.181. The van der Waals surface area contributed by atoms with E-state index in [-0.39, 0.29) is 24.5 Å². The number of hydroxylamine groups is 1. The quantitative estimate of drug-likeness (QED) is 0.350. The van der Waals surface area contributed by atoms with Crippen LogP contribution in [-0.4, -0.2) is 67.8 Å². The standard InChI is InChI=1S/C15H20N6O6S/c1-15(23)7-2-8-21(13(15)14(22)18-24)28(25,26)11-5-3-10(4-6-11)27-9-12-16-19-20-17-12/h3-6,13,23-24H,2,7-9H2,1H3,(H,18,22)(H,16,17,19,20)/t13-,15-/m0/s1. The van der Waals surface area contributed by atoms with Crippen LogP contribution in [0, 0.1) is 0 Å². The number of tetrazole rings is 1. The average molecular weight is 412 g/mol. The number of rotatable bonds is 6. The molecule has 0 bridgehead atoms. The maximum atomic E-state index is 13.0. The van der Waals surface area contributed by atoms with Crippen LogP contribution in [0.5, 0.6) is 5.75 Å². The molecule has 1 saturated heterocycles. The van der Waals surface area contributed by atoms with Crippen molar-refractivity contribution in [3.8, 4) is 5.75 Å². The number of aromatic amines is 1. The van der Waals surface area contributed by atoms with Crippen LogP contribution in [-0.2, 0) is 21.4 Å². The summed E-state index contributed by atoms with van der Waals surface area (Å²) in [5.74, 6) is -0.266. The van der Waals surface area contributed by atoms with Crippen molar-refractivity contribution < 1.29 is 28.3 Å². The summed E-state index contributed by atoms with van der Waals surface area (Å²) in [6.45, 7) is 1.45. The molecule has 0 saturated carbocycles. The largest absolute Gasteiger partial charge is 0.485 e. The van der Waals surface area contributed by atoms with Crippen molar-refractivity contribution in [1.29, 1.82) is 0 Å². The lowest BCUT2D eigenvalue weighted by Crippen LogP contribution is -2.62. The molecule has 4 N–H and O–H groups in total. The molecular weight excluding hydrogens is 392 g/mol. The number of aromatic nitrogens is 4. The van der Waals surface area contributed by atoms with E-state index in [0.29, 0.717) is 18.0 Å². The number of sulfonamides is 1. The second kappa shape index (κ2) is 7.79. The van der Waals surface area contributed by atoms with E-state index in [4.69, 9.17) is 9.94 Å². The molecule has 2 aromatic rings. The molecule has 1 aromatic heterocycles. The Balaban J connectivity index is 1.81. The molecule has 1 aromatic carbocycles. The van der Waals surface area contributed by atoms with Gasteiger partial charge in [0.2, 0.25) is 15.8 Å². The number of ether oxygens (including phenoxy) is 1. The molecule has 0 spiro atoms. The number of hydrogen-bond acceptors (Lipinski definition) is 9. The van der Waals surface area contributed by atoms with Gasteiger partial charge in [0, 0.05) is 6.54 Å². The lowest BCUT2D eigenvalue weighted by Gasteiger charge is -2.42. The van der Waals surface area contributed by atoms with E-state index in [1.807, 2.05) is 0 Å². The Hall–Kier alpha value is -2.61. The maximum absolute atomic E-state index is 13.0. The van der Waals surface area contributed by atoms with Crippen molar-refractivity contribution in [2.24, 2.45) is 0 Å². The minimum Gasteiger partial charge on any atom is -0.485 e. The first-order valence-corrected chi connectivity index (χ1v) is 9.83. The number of carbonyl (C=O) groups excluding carboxylic acids is 1. The molecule has 1 fully saturated rings. The minimum atomic E-state index is -4.11. The highest BCUT2D eigenvalue weighted by atomic mass is 32.2. The monoisotopic (exact) mass is 412 g/mol. The Morgan fingerprint density at radius 1 is 1.43 bits per heavy atom. The number of amides is 1. The zero-order valence-electron chi connectivity index (χ0n) is 14.9. The van der Waals surface area contributed by atoms with Crippen LogP contribution >= 0.6 is 0 Å². The third-order valence-corrected chi connectivity index (χ3v) is 6.36. The van der Waals surface area contributed by atoms with Gasteiger partial charge >= 0.3 is 0 Å². The second-order valence-corrected chi connectivity index (χ2v) is 8.43. The SMILES string of the molecule is C[C@]1(O)CCCN(S(=O)(=O)c2ccc(OCc3nn[nH]n3)cc2)[C@H]1C(=O)NO. The fraction of sp³-hybridized carbons (Fsp3) is 0.467. The van der Waals surface area contributed by atoms with Gasteiger partial charge in [0.15, 0.2) is 6.61 Å². The number of aliphatic hydroxyl groups is 1. The zero-order chi connectivity index (χ0) is 20.4. The summed E-state index contributed by atoms with van der Waals surface area (Å²) < 4.78 is 32.4. The summed E-state index contributed by atoms with van der Waals surface area (Å²) in [6.07, 6.45) is 0.591. The summed E-state index contributed by atoms with van der Waals surface area (Å²) in [5, 5.41) is 32.7. The van der Waals surface area contributed by atoms with Crippen LogP contribution in [0.4, 0.5) is 0 Å². The van der Waals surface area contributed by atoms with Crippen molar-refractivity contribution in [2.75, 3.05) is 6.54 Å². The summed E-state index contributed by atoms with van der Waals surface area (Å²) in [7, 11) is -4.11. The average Bonchev–Trinajstić information content (AvgIpc) is 3.19. The van der Waals surface area contributed by atoms with E-state index in [0.717, 1.165) is 4.31 Å². The van der Waals surface area contributed by atoms with E-state index in [1.165, 1.54) is 36.7 Å². The van der Waals surface area contributed by atoms with Gasteiger partial charge in [-0.25, -0.2) is 13.9 Å². The number of benzene rings is 1. The molecule has 13 heteroatoms. The van der Waals surface area contributed by atoms with Crippen LogP contribution in [0.15, 0.2) is 29.2 Å². The van der Waals surface area contributed by atoms with Crippen LogP contribution in [0.3, 0.4) is 0 Å². The van der Waals surface area contributed by atoms with Gasteiger partial charge in [0.25, 0.3) is 5.91 Å². The van der Waals surface area contributed by atoms with Gasteiger partial charge in [-0.15, -0.1) is 10.2 Å². The van der Waals surface area contributed by atoms with Gasteiger partial charge in [-0.05, 0) is 44.0 Å². The third kappa shape index (κ3) is 3.96. The van der Waals surface area contributed by atoms with Gasteiger partial charge in [-0.3, -0.25) is 10.0 Å². The normalized spacial score (nSPS) is 23.3. The highest BCUT2D eigenvalue weighted by molar-refractivity contribution is 7.89. The molecule has 2 atom stereocenters. The van der Waals surface area contributed by atoms with Crippen LogP contribution in [0.25, 0.3) is 0 Å². The number of H-pyrrole nitrogens is 1. The van der Waals surface area contributed by atoms with Crippen molar-refractivity contribution in [1.82, 2.24) is 30.4 Å². The predicted octanol–water partition coefficient (Wildman–Crippen LogP) is -0.812. The highest BCUT2D eigenvalue weighted by Gasteiger charge is 2.49. The molecule has 0 aliphatic carbocycles. The van der Waals surface area contributed by atoms with Gasteiger partial charge in [-0.2, -0.15) is 9.52 Å². The van der Waals surface area contributed by atoms with Gasteiger partial charge in [0.1, 0.15) is 11.8 Å². The van der Waals surface area contributed by atoms with Gasteiger partial charge in [-0.1, -0.05) is 5.21 Å². The summed E-state index contributed by atoms with van der Waals surface area (Å²) in [4.78, 5) is 12.0. The first-order chi connectivity index (χ1) is 13.3. The van der Waals surface area contributed by atoms with Gasteiger partial charge in [0.05, 0.1) is 10.5 Å². The second-order valence-electron chi connectivity index (χ2n) is 6.54. The minimum absolute atomic E-state index is 0.0344. The number of carbonyl (C=O) groups is 1. The molecule has 12 nitrogen and oxygen atoms in total. The molecule has 2 heterocycles. The van der Waals surface area contributed by atoms with E-state index < -0.39 is 27.6 Å². The van der Waals surface area contributed by atoms with E-state index in [9.17, 15) is 18.3 Å². The van der Waals surface area contributed by atoms with E-state index >= 15 is 0 Å². The lowest BCUT2D eigenvalue weighted by molar-refractivity contribution is -0.144. The molecule has 1 aliphatic rings. The molecule has 1 amide bonds. The van der Waals surface area contributed by atoms with E-state index in [1.54, 1.807) is 0 Å². The summed E-state index contributed by atoms with van der Waals surface area (Å²) in [6, 6.07) is 4.12. The number of hydrogen-bond donors (Lipinski definition) is 4. The molecule has 3 rings (SSSR count). The zero-order valence-corrected chi connectivity index (χ0v) is 15.8. The van der Waals surface area contributed by atoms with E-state index in [2.05, 4.69) is 20.6 Å². The Morgan fingerprint density at radius 3 is 2.75 bits per heavy atom. The first-order valence-electron chi connectivity index (χ1n) is 8.39. The first kappa shape index (κ1) is 20.1. The fourth-order valence-electron chi connectivity index (χ4n) is 3.14. The third-order valence-electron chi connectivity index (χ3n) is 4.48. The van der Waals surface area contributed by atoms with Gasteiger partial charge < -0.3 is 9.84 Å². The smallest absolute Gasteiger partial charge is 0.264 e. The van der Waals surface area contributed by atoms with Crippen molar-refractivity contribution >= 4 is 15.9 Å². The molecule has 152 valence electrons. The number of piperidine rings is 1. The Kier molecular flexibility index (Phi) is 5.60. The number of nitrogens with one attached hydrogen (secondary N) is 2. The fourth-order valence-corrected chi connectivity index (χ4v) is 4.86. The van der Waals surface area contributed by atoms with Crippen LogP contribution in [0.2, 0.25) is 0 Å². The van der Waals surface area contributed by atoms with Crippen LogP contribution < -0.4 is 10.2 Å². The molecule has 28 heavy (non-hydrogen) atoms. The predicted molar refractivity (Wildman–Crippen MR) is 92.4 cm³/mol. The molecular formula is C15H20N6O6S. The Morgan fingerprint density at radius 2 is 2.14 bits per heavy atom. The molecule has 0 radical (unpaired) electrons. The van der Waals surface area contributed by atoms with Crippen molar-refractivity contribution in [2.45, 2.75) is 42.9 Å². The molecule has 1 aliphatic heterocycles. The van der Waals surface area contributed by atoms with Crippen molar-refractivity contribution in [3.63, 3.8) is 0 Å². The lowest BCUT2D eigenvalue weighted by atomic mass is 9.87. The highest BCUT2D eigenvalue weighted by Crippen LogP contribution is 2.32. The molecule has 0 unspecified atom stereocenters. The topological polar surface area (TPSA) is 171 Å². The Labute approximate surface area is 160 Å².